The van der Waals surface area contributed by atoms with Gasteiger partial charge in [0.05, 0.1) is 26.7 Å². The fourth-order valence-electron chi connectivity index (χ4n) is 3.29. The third-order valence-corrected chi connectivity index (χ3v) is 4.78. The molecule has 0 spiro atoms. The van der Waals surface area contributed by atoms with Crippen molar-refractivity contribution >= 4 is 12.0 Å². The van der Waals surface area contributed by atoms with Crippen LogP contribution in [0.5, 0.6) is 11.5 Å². The van der Waals surface area contributed by atoms with E-state index in [9.17, 15) is 4.79 Å². The fourth-order valence-corrected chi connectivity index (χ4v) is 3.29. The molecule has 2 unspecified atom stereocenters. The lowest BCUT2D eigenvalue weighted by atomic mass is 9.92. The average Bonchev–Trinajstić information content (AvgIpc) is 3.41. The van der Waals surface area contributed by atoms with E-state index in [4.69, 9.17) is 14.2 Å². The molecule has 0 heterocycles. The fraction of sp³-hybridized carbons (Fsp3) is 0.286. The van der Waals surface area contributed by atoms with Gasteiger partial charge in [-0.2, -0.15) is 0 Å². The Bertz CT molecular complexity index is 782. The predicted molar refractivity (Wildman–Crippen MR) is 96.8 cm³/mol. The van der Waals surface area contributed by atoms with Crippen LogP contribution in [0.4, 0.5) is 0 Å². The smallest absolute Gasteiger partial charge is 0.316 e. The first-order valence-corrected chi connectivity index (χ1v) is 8.20. The van der Waals surface area contributed by atoms with Gasteiger partial charge in [-0.1, -0.05) is 48.6 Å². The SMILES string of the molecule is COC(=O)C1(c2ccc(OC)c(OC)c2)CC1/C=C/c1ccccc1. The molecular weight excluding hydrogens is 316 g/mol. The minimum Gasteiger partial charge on any atom is -0.493 e. The number of benzene rings is 2. The first kappa shape index (κ1) is 17.1. The van der Waals surface area contributed by atoms with E-state index in [0.717, 1.165) is 17.5 Å². The molecule has 0 aliphatic heterocycles. The quantitative estimate of drug-likeness (QED) is 0.751. The van der Waals surface area contributed by atoms with Crippen molar-refractivity contribution < 1.29 is 19.0 Å². The summed E-state index contributed by atoms with van der Waals surface area (Å²) in [5.41, 5.74) is 1.35. The maximum atomic E-state index is 12.5. The minimum atomic E-state index is -0.653. The first-order valence-electron chi connectivity index (χ1n) is 8.20. The van der Waals surface area contributed by atoms with Crippen LogP contribution >= 0.6 is 0 Å². The summed E-state index contributed by atoms with van der Waals surface area (Å²) in [4.78, 5) is 12.5. The van der Waals surface area contributed by atoms with Gasteiger partial charge in [0.2, 0.25) is 0 Å². The molecular formula is C21H22O4. The van der Waals surface area contributed by atoms with E-state index >= 15 is 0 Å². The Hall–Kier alpha value is -2.75. The molecule has 130 valence electrons. The summed E-state index contributed by atoms with van der Waals surface area (Å²) in [6.07, 6.45) is 4.86. The number of ether oxygens (including phenoxy) is 3. The van der Waals surface area contributed by atoms with E-state index in [2.05, 4.69) is 12.2 Å². The Morgan fingerprint density at radius 3 is 2.40 bits per heavy atom. The van der Waals surface area contributed by atoms with Crippen molar-refractivity contribution in [2.75, 3.05) is 21.3 Å². The molecule has 25 heavy (non-hydrogen) atoms. The molecule has 4 heteroatoms. The third-order valence-electron chi connectivity index (χ3n) is 4.78. The summed E-state index contributed by atoms with van der Waals surface area (Å²) in [6, 6.07) is 15.7. The lowest BCUT2D eigenvalue weighted by Crippen LogP contribution is -2.24. The monoisotopic (exact) mass is 338 g/mol. The second-order valence-electron chi connectivity index (χ2n) is 6.11. The van der Waals surface area contributed by atoms with Crippen molar-refractivity contribution in [2.45, 2.75) is 11.8 Å². The second-order valence-corrected chi connectivity index (χ2v) is 6.11. The number of carbonyl (C=O) groups is 1. The average molecular weight is 338 g/mol. The molecule has 0 saturated heterocycles. The molecule has 0 N–H and O–H groups in total. The van der Waals surface area contributed by atoms with Gasteiger partial charge in [0, 0.05) is 0 Å². The van der Waals surface area contributed by atoms with Crippen molar-refractivity contribution in [1.29, 1.82) is 0 Å². The number of rotatable bonds is 6. The van der Waals surface area contributed by atoms with Crippen LogP contribution in [0, 0.1) is 5.92 Å². The number of methoxy groups -OCH3 is 3. The molecule has 2 aromatic carbocycles. The van der Waals surface area contributed by atoms with Gasteiger partial charge >= 0.3 is 5.97 Å². The number of hydrogen-bond donors (Lipinski definition) is 0. The highest BCUT2D eigenvalue weighted by Crippen LogP contribution is 2.57. The molecule has 1 aliphatic rings. The van der Waals surface area contributed by atoms with Crippen LogP contribution in [0.3, 0.4) is 0 Å². The van der Waals surface area contributed by atoms with Crippen LogP contribution in [0.25, 0.3) is 6.08 Å². The van der Waals surface area contributed by atoms with Gasteiger partial charge in [-0.15, -0.1) is 0 Å². The van der Waals surface area contributed by atoms with Gasteiger partial charge in [0.1, 0.15) is 0 Å². The van der Waals surface area contributed by atoms with Crippen LogP contribution in [0.15, 0.2) is 54.6 Å². The second kappa shape index (κ2) is 7.01. The molecule has 4 nitrogen and oxygen atoms in total. The highest BCUT2D eigenvalue weighted by atomic mass is 16.5. The highest BCUT2D eigenvalue weighted by molar-refractivity contribution is 5.88. The molecule has 0 radical (unpaired) electrons. The van der Waals surface area contributed by atoms with E-state index in [0.29, 0.717) is 11.5 Å². The lowest BCUT2D eigenvalue weighted by Gasteiger charge is -2.17. The zero-order valence-electron chi connectivity index (χ0n) is 14.7. The zero-order valence-corrected chi connectivity index (χ0v) is 14.7. The lowest BCUT2D eigenvalue weighted by molar-refractivity contribution is -0.144. The largest absolute Gasteiger partial charge is 0.493 e. The molecule has 3 rings (SSSR count). The summed E-state index contributed by atoms with van der Waals surface area (Å²) < 4.78 is 15.8. The summed E-state index contributed by atoms with van der Waals surface area (Å²) in [5, 5.41) is 0. The van der Waals surface area contributed by atoms with E-state index < -0.39 is 5.41 Å². The summed E-state index contributed by atoms with van der Waals surface area (Å²) in [7, 11) is 4.61. The van der Waals surface area contributed by atoms with Crippen LogP contribution in [0.2, 0.25) is 0 Å². The van der Waals surface area contributed by atoms with Gasteiger partial charge in [-0.05, 0) is 35.6 Å². The third kappa shape index (κ3) is 3.12. The predicted octanol–water partition coefficient (Wildman–Crippen LogP) is 3.85. The summed E-state index contributed by atoms with van der Waals surface area (Å²) >= 11 is 0. The highest BCUT2D eigenvalue weighted by Gasteiger charge is 2.61. The zero-order chi connectivity index (χ0) is 17.9. The van der Waals surface area contributed by atoms with E-state index in [1.54, 1.807) is 14.2 Å². The van der Waals surface area contributed by atoms with Crippen molar-refractivity contribution in [1.82, 2.24) is 0 Å². The minimum absolute atomic E-state index is 0.0956. The van der Waals surface area contributed by atoms with Crippen molar-refractivity contribution in [2.24, 2.45) is 5.92 Å². The molecule has 1 saturated carbocycles. The Morgan fingerprint density at radius 1 is 1.04 bits per heavy atom. The Kier molecular flexibility index (Phi) is 4.79. The van der Waals surface area contributed by atoms with Crippen molar-refractivity contribution in [3.63, 3.8) is 0 Å². The topological polar surface area (TPSA) is 44.8 Å². The molecule has 1 fully saturated rings. The molecule has 2 atom stereocenters. The number of hydrogen-bond acceptors (Lipinski definition) is 4. The Morgan fingerprint density at radius 2 is 1.76 bits per heavy atom. The van der Waals surface area contributed by atoms with Crippen molar-refractivity contribution in [3.8, 4) is 11.5 Å². The standard InChI is InChI=1S/C21H22O4/c1-23-18-12-11-16(13-19(18)24-2)21(20(22)25-3)14-17(21)10-9-15-7-5-4-6-8-15/h4-13,17H,14H2,1-3H3/b10-9+. The molecule has 1 aliphatic carbocycles. The van der Waals surface area contributed by atoms with Gasteiger partial charge in [0.25, 0.3) is 0 Å². The molecule has 0 aromatic heterocycles. The van der Waals surface area contributed by atoms with Gasteiger partial charge in [-0.3, -0.25) is 4.79 Å². The summed E-state index contributed by atoms with van der Waals surface area (Å²) in [6.45, 7) is 0. The molecule has 2 aromatic rings. The van der Waals surface area contributed by atoms with E-state index in [1.807, 2.05) is 48.5 Å². The number of carbonyl (C=O) groups excluding carboxylic acids is 1. The Labute approximate surface area is 148 Å². The molecule has 0 amide bonds. The van der Waals surface area contributed by atoms with Crippen LogP contribution in [0.1, 0.15) is 17.5 Å². The van der Waals surface area contributed by atoms with Crippen molar-refractivity contribution in [3.05, 3.63) is 65.7 Å². The van der Waals surface area contributed by atoms with Crippen LogP contribution in [-0.4, -0.2) is 27.3 Å². The van der Waals surface area contributed by atoms with E-state index in [-0.39, 0.29) is 11.9 Å². The normalized spacial score (nSPS) is 21.8. The maximum absolute atomic E-state index is 12.5. The van der Waals surface area contributed by atoms with E-state index in [1.165, 1.54) is 7.11 Å². The summed E-state index contributed by atoms with van der Waals surface area (Å²) in [5.74, 6) is 1.13. The first-order chi connectivity index (χ1) is 12.2. The maximum Gasteiger partial charge on any atom is 0.316 e. The van der Waals surface area contributed by atoms with Gasteiger partial charge < -0.3 is 14.2 Å². The number of allylic oxidation sites excluding steroid dienone is 1. The number of esters is 1. The van der Waals surface area contributed by atoms with Crippen LogP contribution < -0.4 is 9.47 Å². The Balaban J connectivity index is 1.92. The van der Waals surface area contributed by atoms with Gasteiger partial charge in [-0.25, -0.2) is 0 Å². The molecule has 0 bridgehead atoms. The van der Waals surface area contributed by atoms with Gasteiger partial charge in [0.15, 0.2) is 11.5 Å². The van der Waals surface area contributed by atoms with Crippen LogP contribution in [-0.2, 0) is 14.9 Å².